The second-order valence-corrected chi connectivity index (χ2v) is 4.48. The molecule has 1 fully saturated rings. The largest absolute Gasteiger partial charge is 0.481 e. The molecule has 3 nitrogen and oxygen atoms in total. The molecule has 1 aliphatic carbocycles. The Bertz CT molecular complexity index is 317. The van der Waals surface area contributed by atoms with Crippen LogP contribution in [0.3, 0.4) is 0 Å². The van der Waals surface area contributed by atoms with Crippen molar-refractivity contribution in [2.75, 3.05) is 0 Å². The lowest BCUT2D eigenvalue weighted by molar-refractivity contribution is -0.136. The highest BCUT2D eigenvalue weighted by Crippen LogP contribution is 2.41. The fraction of sp³-hybridized carbons (Fsp3) is 0.556. The molecular weight excluding hydrogens is 186 g/mol. The molecule has 0 saturated heterocycles. The standard InChI is InChI=1S/C9H11NO2S/c11-8(12)4-3-7-5-10-9(13-7)6-1-2-6/h5-6H,1-4H2,(H,11,12). The maximum atomic E-state index is 10.3. The van der Waals surface area contributed by atoms with Crippen LogP contribution in [0.25, 0.3) is 0 Å². The summed E-state index contributed by atoms with van der Waals surface area (Å²) in [6, 6.07) is 0. The van der Waals surface area contributed by atoms with Crippen LogP contribution in [0.2, 0.25) is 0 Å². The van der Waals surface area contributed by atoms with Crippen molar-refractivity contribution in [3.63, 3.8) is 0 Å². The van der Waals surface area contributed by atoms with Crippen LogP contribution >= 0.6 is 11.3 Å². The van der Waals surface area contributed by atoms with E-state index < -0.39 is 5.97 Å². The van der Waals surface area contributed by atoms with Gasteiger partial charge < -0.3 is 5.11 Å². The molecule has 1 N–H and O–H groups in total. The van der Waals surface area contributed by atoms with Gasteiger partial charge in [-0.25, -0.2) is 4.98 Å². The van der Waals surface area contributed by atoms with Crippen molar-refractivity contribution < 1.29 is 9.90 Å². The lowest BCUT2D eigenvalue weighted by Gasteiger charge is -1.89. The van der Waals surface area contributed by atoms with Crippen molar-refractivity contribution in [1.82, 2.24) is 4.98 Å². The van der Waals surface area contributed by atoms with Gasteiger partial charge in [-0.2, -0.15) is 0 Å². The fourth-order valence-electron chi connectivity index (χ4n) is 1.19. The summed E-state index contributed by atoms with van der Waals surface area (Å²) < 4.78 is 0. The first kappa shape index (κ1) is 8.69. The molecule has 2 rings (SSSR count). The van der Waals surface area contributed by atoms with Crippen molar-refractivity contribution in [3.05, 3.63) is 16.1 Å². The molecular formula is C9H11NO2S. The van der Waals surface area contributed by atoms with Gasteiger partial charge in [-0.15, -0.1) is 11.3 Å². The number of hydrogen-bond donors (Lipinski definition) is 1. The monoisotopic (exact) mass is 197 g/mol. The molecule has 70 valence electrons. The number of rotatable bonds is 4. The quantitative estimate of drug-likeness (QED) is 0.803. The Kier molecular flexibility index (Phi) is 2.31. The third-order valence-corrected chi connectivity index (χ3v) is 3.30. The number of carboxylic acid groups (broad SMARTS) is 1. The van der Waals surface area contributed by atoms with Gasteiger partial charge in [0.1, 0.15) is 0 Å². The van der Waals surface area contributed by atoms with Crippen LogP contribution in [-0.4, -0.2) is 16.1 Å². The molecule has 1 aliphatic rings. The van der Waals surface area contributed by atoms with E-state index in [-0.39, 0.29) is 6.42 Å². The molecule has 1 heterocycles. The van der Waals surface area contributed by atoms with Gasteiger partial charge in [-0.1, -0.05) is 0 Å². The summed E-state index contributed by atoms with van der Waals surface area (Å²) in [5, 5.41) is 9.68. The van der Waals surface area contributed by atoms with Crippen LogP contribution in [0, 0.1) is 0 Å². The molecule has 1 saturated carbocycles. The van der Waals surface area contributed by atoms with E-state index in [9.17, 15) is 4.79 Å². The van der Waals surface area contributed by atoms with Crippen LogP contribution in [0.5, 0.6) is 0 Å². The maximum Gasteiger partial charge on any atom is 0.303 e. The number of carboxylic acids is 1. The first-order chi connectivity index (χ1) is 6.25. The van der Waals surface area contributed by atoms with Gasteiger partial charge in [0.25, 0.3) is 0 Å². The lowest BCUT2D eigenvalue weighted by Crippen LogP contribution is -1.95. The topological polar surface area (TPSA) is 50.2 Å². The number of hydrogen-bond acceptors (Lipinski definition) is 3. The molecule has 0 aliphatic heterocycles. The number of aromatic nitrogens is 1. The van der Waals surface area contributed by atoms with Crippen molar-refractivity contribution >= 4 is 17.3 Å². The van der Waals surface area contributed by atoms with E-state index in [0.717, 1.165) is 4.88 Å². The summed E-state index contributed by atoms with van der Waals surface area (Å²) in [5.41, 5.74) is 0. The predicted octanol–water partition coefficient (Wildman–Crippen LogP) is 2.04. The molecule has 0 radical (unpaired) electrons. The van der Waals surface area contributed by atoms with E-state index in [1.54, 1.807) is 11.3 Å². The van der Waals surface area contributed by atoms with Crippen LogP contribution in [0.15, 0.2) is 6.20 Å². The highest BCUT2D eigenvalue weighted by molar-refractivity contribution is 7.11. The molecule has 4 heteroatoms. The Labute approximate surface area is 80.4 Å². The summed E-state index contributed by atoms with van der Waals surface area (Å²) in [6.07, 6.45) is 5.17. The van der Waals surface area contributed by atoms with Gasteiger partial charge in [0.2, 0.25) is 0 Å². The van der Waals surface area contributed by atoms with E-state index in [1.807, 2.05) is 6.20 Å². The summed E-state index contributed by atoms with van der Waals surface area (Å²) in [7, 11) is 0. The lowest BCUT2D eigenvalue weighted by atomic mass is 10.3. The summed E-state index contributed by atoms with van der Waals surface area (Å²) >= 11 is 1.67. The van der Waals surface area contributed by atoms with Gasteiger partial charge in [0.05, 0.1) is 11.4 Å². The molecule has 0 spiro atoms. The minimum absolute atomic E-state index is 0.215. The Morgan fingerprint density at radius 2 is 2.46 bits per heavy atom. The smallest absolute Gasteiger partial charge is 0.303 e. The van der Waals surface area contributed by atoms with Crippen LogP contribution < -0.4 is 0 Å². The molecule has 1 aromatic rings. The van der Waals surface area contributed by atoms with Gasteiger partial charge in [0.15, 0.2) is 0 Å². The summed E-state index contributed by atoms with van der Waals surface area (Å²) in [6.45, 7) is 0. The molecule has 0 amide bonds. The van der Waals surface area contributed by atoms with E-state index in [0.29, 0.717) is 12.3 Å². The van der Waals surface area contributed by atoms with Crippen LogP contribution in [0.4, 0.5) is 0 Å². The van der Waals surface area contributed by atoms with E-state index >= 15 is 0 Å². The third kappa shape index (κ3) is 2.28. The maximum absolute atomic E-state index is 10.3. The van der Waals surface area contributed by atoms with E-state index in [2.05, 4.69) is 4.98 Å². The minimum atomic E-state index is -0.735. The molecule has 0 bridgehead atoms. The second kappa shape index (κ2) is 3.46. The van der Waals surface area contributed by atoms with Crippen molar-refractivity contribution in [3.8, 4) is 0 Å². The normalized spacial score (nSPS) is 16.0. The number of carbonyl (C=O) groups is 1. The first-order valence-corrected chi connectivity index (χ1v) is 5.24. The van der Waals surface area contributed by atoms with Crippen molar-refractivity contribution in [2.45, 2.75) is 31.6 Å². The third-order valence-electron chi connectivity index (χ3n) is 2.08. The number of aliphatic carboxylic acids is 1. The number of aryl methyl sites for hydroxylation is 1. The van der Waals surface area contributed by atoms with E-state index in [1.165, 1.54) is 17.8 Å². The molecule has 1 aromatic heterocycles. The predicted molar refractivity (Wildman–Crippen MR) is 50.0 cm³/mol. The fourth-order valence-corrected chi connectivity index (χ4v) is 2.27. The Hall–Kier alpha value is -0.900. The van der Waals surface area contributed by atoms with Crippen LogP contribution in [-0.2, 0) is 11.2 Å². The number of thiazole rings is 1. The molecule has 0 unspecified atom stereocenters. The summed E-state index contributed by atoms with van der Waals surface area (Å²) in [4.78, 5) is 15.7. The Morgan fingerprint density at radius 3 is 3.08 bits per heavy atom. The van der Waals surface area contributed by atoms with Gasteiger partial charge in [0, 0.05) is 17.0 Å². The zero-order chi connectivity index (χ0) is 9.26. The van der Waals surface area contributed by atoms with Gasteiger partial charge >= 0.3 is 5.97 Å². The SMILES string of the molecule is O=C(O)CCc1cnc(C2CC2)s1. The van der Waals surface area contributed by atoms with E-state index in [4.69, 9.17) is 5.11 Å². The van der Waals surface area contributed by atoms with Gasteiger partial charge in [-0.3, -0.25) is 4.79 Å². The zero-order valence-corrected chi connectivity index (χ0v) is 8.01. The average Bonchev–Trinajstić information content (AvgIpc) is 2.83. The molecule has 13 heavy (non-hydrogen) atoms. The summed E-state index contributed by atoms with van der Waals surface area (Å²) in [5.74, 6) is -0.0510. The van der Waals surface area contributed by atoms with Crippen molar-refractivity contribution in [2.24, 2.45) is 0 Å². The zero-order valence-electron chi connectivity index (χ0n) is 7.19. The Balaban J connectivity index is 1.92. The van der Waals surface area contributed by atoms with Crippen LogP contribution in [0.1, 0.15) is 35.1 Å². The average molecular weight is 197 g/mol. The minimum Gasteiger partial charge on any atom is -0.481 e. The second-order valence-electron chi connectivity index (χ2n) is 3.33. The molecule has 0 aromatic carbocycles. The first-order valence-electron chi connectivity index (χ1n) is 4.42. The Morgan fingerprint density at radius 1 is 1.69 bits per heavy atom. The van der Waals surface area contributed by atoms with Crippen molar-refractivity contribution in [1.29, 1.82) is 0 Å². The number of nitrogens with zero attached hydrogens (tertiary/aromatic N) is 1. The molecule has 0 atom stereocenters. The highest BCUT2D eigenvalue weighted by atomic mass is 32.1. The highest BCUT2D eigenvalue weighted by Gasteiger charge is 2.26. The van der Waals surface area contributed by atoms with Gasteiger partial charge in [-0.05, 0) is 19.3 Å².